The van der Waals surface area contributed by atoms with Gasteiger partial charge in [-0.05, 0) is 92.8 Å². The van der Waals surface area contributed by atoms with Crippen LogP contribution in [0.1, 0.15) is 41.6 Å². The molecule has 212 valence electrons. The Balaban J connectivity index is 0.000000449. The van der Waals surface area contributed by atoms with Gasteiger partial charge in [-0.15, -0.1) is 0 Å². The minimum atomic E-state index is 0.0760. The summed E-state index contributed by atoms with van der Waals surface area (Å²) in [5.74, 6) is 2.37. The number of carbonyl (C=O) groups excluding carboxylic acids is 1. The molecule has 2 fully saturated rings. The van der Waals surface area contributed by atoms with E-state index in [1.807, 2.05) is 60.5 Å². The highest BCUT2D eigenvalue weighted by atomic mass is 16.7. The van der Waals surface area contributed by atoms with Crippen LogP contribution in [0.3, 0.4) is 0 Å². The molecule has 0 N–H and O–H groups in total. The van der Waals surface area contributed by atoms with Crippen molar-refractivity contribution in [2.24, 2.45) is 0 Å². The van der Waals surface area contributed by atoms with Crippen molar-refractivity contribution in [3.8, 4) is 22.6 Å². The van der Waals surface area contributed by atoms with Gasteiger partial charge in [0.2, 0.25) is 6.79 Å². The van der Waals surface area contributed by atoms with Gasteiger partial charge in [0.15, 0.2) is 11.5 Å². The highest BCUT2D eigenvalue weighted by molar-refractivity contribution is 6.08. The first-order valence-electron chi connectivity index (χ1n) is 14.6. The highest BCUT2D eigenvalue weighted by Gasteiger charge is 2.24. The summed E-state index contributed by atoms with van der Waals surface area (Å²) >= 11 is 0. The Labute approximate surface area is 242 Å². The third-order valence-corrected chi connectivity index (χ3v) is 8.11. The average Bonchev–Trinajstić information content (AvgIpc) is 3.80. The van der Waals surface area contributed by atoms with Gasteiger partial charge >= 0.3 is 0 Å². The first kappa shape index (κ1) is 27.1. The normalized spacial score (nSPS) is 16.1. The summed E-state index contributed by atoms with van der Waals surface area (Å²) in [6, 6.07) is 24.3. The number of amides is 1. The number of nitrogens with zero attached hydrogens (tertiary/aromatic N) is 4. The molecule has 0 bridgehead atoms. The zero-order valence-electron chi connectivity index (χ0n) is 24.0. The number of pyridine rings is 1. The second-order valence-corrected chi connectivity index (χ2v) is 11.2. The Morgan fingerprint density at radius 1 is 0.829 bits per heavy atom. The Kier molecular flexibility index (Phi) is 8.05. The molecule has 1 aromatic heterocycles. The van der Waals surface area contributed by atoms with Crippen LogP contribution in [0, 0.1) is 0 Å². The fourth-order valence-corrected chi connectivity index (χ4v) is 5.74. The van der Waals surface area contributed by atoms with Crippen molar-refractivity contribution in [1.29, 1.82) is 0 Å². The standard InChI is InChI=1S/C29H27N3O3.C5H11N/c1-31(18-20-7-3-2-4-8-20)28-17-24(29(33)32-13-5-6-14-32)23-15-21(9-11-25(23)30-28)22-10-12-26-27(16-22)35-19-34-26;1-6-4-2-3-5-6/h2-4,7-12,15-17H,5-6,13-14,18-19H2,1H3;2-5H2,1H3. The fourth-order valence-electron chi connectivity index (χ4n) is 5.74. The average molecular weight is 551 g/mol. The largest absolute Gasteiger partial charge is 0.454 e. The van der Waals surface area contributed by atoms with Crippen LogP contribution in [0.15, 0.2) is 72.8 Å². The quantitative estimate of drug-likeness (QED) is 0.294. The van der Waals surface area contributed by atoms with E-state index >= 15 is 0 Å². The number of carbonyl (C=O) groups is 1. The maximum Gasteiger partial charge on any atom is 0.254 e. The second-order valence-electron chi connectivity index (χ2n) is 11.2. The topological polar surface area (TPSA) is 58.1 Å². The van der Waals surface area contributed by atoms with Crippen molar-refractivity contribution in [1.82, 2.24) is 14.8 Å². The first-order valence-corrected chi connectivity index (χ1v) is 14.6. The number of hydrogen-bond donors (Lipinski definition) is 0. The fraction of sp³-hybridized carbons (Fsp3) is 0.353. The molecule has 0 saturated carbocycles. The molecule has 1 amide bonds. The predicted octanol–water partition coefficient (Wildman–Crippen LogP) is 6.21. The summed E-state index contributed by atoms with van der Waals surface area (Å²) in [6.45, 7) is 5.21. The first-order chi connectivity index (χ1) is 20.0. The molecule has 0 aliphatic carbocycles. The number of fused-ring (bicyclic) bond motifs is 2. The number of likely N-dealkylation sites (tertiary alicyclic amines) is 2. The number of hydrogen-bond acceptors (Lipinski definition) is 6. The van der Waals surface area contributed by atoms with Crippen molar-refractivity contribution in [3.05, 3.63) is 83.9 Å². The van der Waals surface area contributed by atoms with Crippen LogP contribution in [0.4, 0.5) is 5.82 Å². The van der Waals surface area contributed by atoms with Crippen LogP contribution in [0.5, 0.6) is 11.5 Å². The van der Waals surface area contributed by atoms with E-state index in [2.05, 4.69) is 41.1 Å². The van der Waals surface area contributed by atoms with Gasteiger partial charge < -0.3 is 24.2 Å². The van der Waals surface area contributed by atoms with Crippen LogP contribution in [-0.2, 0) is 6.54 Å². The molecule has 2 saturated heterocycles. The Morgan fingerprint density at radius 3 is 2.24 bits per heavy atom. The van der Waals surface area contributed by atoms with Gasteiger partial charge in [0.25, 0.3) is 5.91 Å². The van der Waals surface area contributed by atoms with Gasteiger partial charge in [-0.3, -0.25) is 4.79 Å². The minimum Gasteiger partial charge on any atom is -0.454 e. The van der Waals surface area contributed by atoms with Crippen LogP contribution < -0.4 is 14.4 Å². The lowest BCUT2D eigenvalue weighted by Gasteiger charge is -2.22. The van der Waals surface area contributed by atoms with Crippen molar-refractivity contribution in [2.45, 2.75) is 32.2 Å². The van der Waals surface area contributed by atoms with Crippen molar-refractivity contribution >= 4 is 22.6 Å². The van der Waals surface area contributed by atoms with Gasteiger partial charge in [0, 0.05) is 32.1 Å². The van der Waals surface area contributed by atoms with Crippen LogP contribution in [0.25, 0.3) is 22.0 Å². The van der Waals surface area contributed by atoms with Gasteiger partial charge in [-0.2, -0.15) is 0 Å². The summed E-state index contributed by atoms with van der Waals surface area (Å²) < 4.78 is 11.0. The predicted molar refractivity (Wildman–Crippen MR) is 164 cm³/mol. The molecule has 0 unspecified atom stereocenters. The second kappa shape index (κ2) is 12.2. The van der Waals surface area contributed by atoms with E-state index in [1.54, 1.807) is 0 Å². The molecule has 41 heavy (non-hydrogen) atoms. The molecule has 0 spiro atoms. The van der Waals surface area contributed by atoms with Gasteiger partial charge in [0.1, 0.15) is 5.82 Å². The molecule has 7 rings (SSSR count). The van der Waals surface area contributed by atoms with Crippen LogP contribution in [0.2, 0.25) is 0 Å². The SMILES string of the molecule is CN(Cc1ccccc1)c1cc(C(=O)N2CCCC2)c2cc(-c3ccc4c(c3)OCO4)ccc2n1.CN1CCCC1. The maximum atomic E-state index is 13.6. The summed E-state index contributed by atoms with van der Waals surface area (Å²) in [6.07, 6.45) is 4.93. The third kappa shape index (κ3) is 6.15. The maximum absolute atomic E-state index is 13.6. The highest BCUT2D eigenvalue weighted by Crippen LogP contribution is 2.37. The molecular weight excluding hydrogens is 512 g/mol. The number of anilines is 1. The molecule has 0 atom stereocenters. The minimum absolute atomic E-state index is 0.0760. The lowest BCUT2D eigenvalue weighted by molar-refractivity contribution is 0.0794. The Hall–Kier alpha value is -4.10. The number of aromatic nitrogens is 1. The van der Waals surface area contributed by atoms with E-state index < -0.39 is 0 Å². The van der Waals surface area contributed by atoms with Crippen molar-refractivity contribution in [2.75, 3.05) is 52.0 Å². The number of rotatable bonds is 5. The summed E-state index contributed by atoms with van der Waals surface area (Å²) in [5, 5.41) is 0.869. The van der Waals surface area contributed by atoms with Crippen molar-refractivity contribution < 1.29 is 14.3 Å². The van der Waals surface area contributed by atoms with Gasteiger partial charge in [-0.25, -0.2) is 4.98 Å². The summed E-state index contributed by atoms with van der Waals surface area (Å²) in [7, 11) is 4.19. The lowest BCUT2D eigenvalue weighted by Crippen LogP contribution is -2.28. The van der Waals surface area contributed by atoms with E-state index in [4.69, 9.17) is 14.5 Å². The van der Waals surface area contributed by atoms with E-state index in [0.717, 1.165) is 65.3 Å². The molecule has 7 heteroatoms. The van der Waals surface area contributed by atoms with Crippen LogP contribution in [-0.4, -0.2) is 67.8 Å². The molecule has 3 aromatic carbocycles. The van der Waals surface area contributed by atoms with E-state index in [1.165, 1.54) is 31.5 Å². The molecule has 0 radical (unpaired) electrons. The third-order valence-electron chi connectivity index (χ3n) is 8.11. The molecular formula is C34H38N4O3. The van der Waals surface area contributed by atoms with Crippen LogP contribution >= 0.6 is 0 Å². The molecule has 4 aromatic rings. The Bertz CT molecular complexity index is 1510. The molecule has 3 aliphatic heterocycles. The molecule has 7 nitrogen and oxygen atoms in total. The zero-order chi connectivity index (χ0) is 28.2. The van der Waals surface area contributed by atoms with Crippen molar-refractivity contribution in [3.63, 3.8) is 0 Å². The number of benzene rings is 3. The molecule has 4 heterocycles. The summed E-state index contributed by atoms with van der Waals surface area (Å²) in [5.41, 5.74) is 4.74. The number of ether oxygens (including phenoxy) is 2. The van der Waals surface area contributed by atoms with Gasteiger partial charge in [-0.1, -0.05) is 42.5 Å². The van der Waals surface area contributed by atoms with E-state index in [0.29, 0.717) is 12.1 Å². The smallest absolute Gasteiger partial charge is 0.254 e. The van der Waals surface area contributed by atoms with E-state index in [9.17, 15) is 4.79 Å². The molecule has 3 aliphatic rings. The zero-order valence-corrected chi connectivity index (χ0v) is 24.0. The Morgan fingerprint density at radius 2 is 1.51 bits per heavy atom. The summed E-state index contributed by atoms with van der Waals surface area (Å²) in [4.78, 5) is 25.0. The van der Waals surface area contributed by atoms with Gasteiger partial charge in [0.05, 0.1) is 11.1 Å². The monoisotopic (exact) mass is 550 g/mol. The lowest BCUT2D eigenvalue weighted by atomic mass is 9.99. The van der Waals surface area contributed by atoms with E-state index in [-0.39, 0.29) is 12.7 Å².